The highest BCUT2D eigenvalue weighted by atomic mass is 35.5. The first-order valence-electron chi connectivity index (χ1n) is 5.24. The highest BCUT2D eigenvalue weighted by Gasteiger charge is 2.01. The van der Waals surface area contributed by atoms with E-state index in [1.165, 1.54) is 11.1 Å². The fourth-order valence-corrected chi connectivity index (χ4v) is 1.83. The maximum Gasteiger partial charge on any atom is 0.0426 e. The third-order valence-corrected chi connectivity index (χ3v) is 2.86. The van der Waals surface area contributed by atoms with Crippen molar-refractivity contribution in [2.75, 3.05) is 5.73 Å². The van der Waals surface area contributed by atoms with Gasteiger partial charge in [-0.2, -0.15) is 0 Å². The van der Waals surface area contributed by atoms with Gasteiger partial charge in [0, 0.05) is 10.7 Å². The van der Waals surface area contributed by atoms with Gasteiger partial charge in [-0.1, -0.05) is 47.5 Å². The van der Waals surface area contributed by atoms with Crippen LogP contribution in [0.25, 0.3) is 0 Å². The lowest BCUT2D eigenvalue weighted by molar-refractivity contribution is 1.19. The molecule has 0 atom stereocenters. The van der Waals surface area contributed by atoms with E-state index in [1.54, 1.807) is 6.07 Å². The van der Waals surface area contributed by atoms with Crippen molar-refractivity contribution in [3.05, 3.63) is 64.2 Å². The van der Waals surface area contributed by atoms with Crippen LogP contribution >= 0.6 is 11.6 Å². The zero-order valence-corrected chi connectivity index (χ0v) is 9.96. The number of hydrogen-bond donors (Lipinski definition) is 1. The number of anilines is 1. The van der Waals surface area contributed by atoms with E-state index in [9.17, 15) is 0 Å². The van der Waals surface area contributed by atoms with E-state index < -0.39 is 0 Å². The molecule has 0 aromatic heterocycles. The largest absolute Gasteiger partial charge is 0.398 e. The summed E-state index contributed by atoms with van der Waals surface area (Å²) in [5.41, 5.74) is 10.3. The predicted molar refractivity (Wildman–Crippen MR) is 69.8 cm³/mol. The molecule has 0 aliphatic heterocycles. The van der Waals surface area contributed by atoms with Crippen LogP contribution in [-0.4, -0.2) is 0 Å². The van der Waals surface area contributed by atoms with Crippen molar-refractivity contribution in [1.82, 2.24) is 0 Å². The van der Waals surface area contributed by atoms with Gasteiger partial charge in [-0.3, -0.25) is 0 Å². The molecule has 0 saturated carbocycles. The zero-order chi connectivity index (χ0) is 11.5. The number of hydrogen-bond acceptors (Lipinski definition) is 1. The minimum Gasteiger partial charge on any atom is -0.398 e. The molecule has 0 aliphatic rings. The summed E-state index contributed by atoms with van der Waals surface area (Å²) in [6.45, 7) is 2.08. The van der Waals surface area contributed by atoms with Crippen molar-refractivity contribution in [3.63, 3.8) is 0 Å². The molecule has 0 radical (unpaired) electrons. The molecule has 2 N–H and O–H groups in total. The lowest BCUT2D eigenvalue weighted by atomic mass is 10.0. The van der Waals surface area contributed by atoms with E-state index >= 15 is 0 Å². The van der Waals surface area contributed by atoms with Crippen molar-refractivity contribution in [2.45, 2.75) is 13.3 Å². The van der Waals surface area contributed by atoms with Gasteiger partial charge in [-0.25, -0.2) is 0 Å². The van der Waals surface area contributed by atoms with E-state index in [1.807, 2.05) is 12.1 Å². The van der Waals surface area contributed by atoms with Crippen molar-refractivity contribution >= 4 is 17.3 Å². The first-order chi connectivity index (χ1) is 7.65. The molecular weight excluding hydrogens is 218 g/mol. The fourth-order valence-electron chi connectivity index (χ4n) is 1.65. The van der Waals surface area contributed by atoms with Crippen molar-refractivity contribution < 1.29 is 0 Å². The Labute approximate surface area is 101 Å². The molecule has 2 aromatic rings. The van der Waals surface area contributed by atoms with Crippen LogP contribution in [0, 0.1) is 6.92 Å². The maximum atomic E-state index is 5.91. The molecule has 1 nitrogen and oxygen atoms in total. The second-order valence-electron chi connectivity index (χ2n) is 4.01. The van der Waals surface area contributed by atoms with Crippen LogP contribution in [0.2, 0.25) is 5.02 Å². The Morgan fingerprint density at radius 3 is 2.38 bits per heavy atom. The Balaban J connectivity index is 2.23. The Morgan fingerprint density at radius 2 is 1.75 bits per heavy atom. The summed E-state index contributed by atoms with van der Waals surface area (Å²) in [5.74, 6) is 0. The second kappa shape index (κ2) is 4.58. The number of rotatable bonds is 2. The lowest BCUT2D eigenvalue weighted by Crippen LogP contribution is -1.95. The van der Waals surface area contributed by atoms with Gasteiger partial charge >= 0.3 is 0 Å². The molecule has 0 bridgehead atoms. The Kier molecular flexibility index (Phi) is 3.16. The van der Waals surface area contributed by atoms with Crippen molar-refractivity contribution in [2.24, 2.45) is 0 Å². The number of nitrogen functional groups attached to an aromatic ring is 1. The topological polar surface area (TPSA) is 26.0 Å². The molecule has 0 amide bonds. The van der Waals surface area contributed by atoms with Gasteiger partial charge in [0.15, 0.2) is 0 Å². The third-order valence-electron chi connectivity index (χ3n) is 2.62. The van der Waals surface area contributed by atoms with Crippen LogP contribution in [0.5, 0.6) is 0 Å². The Bertz CT molecular complexity index is 489. The predicted octanol–water partition coefficient (Wildman–Crippen LogP) is 3.82. The summed E-state index contributed by atoms with van der Waals surface area (Å²) in [7, 11) is 0. The van der Waals surface area contributed by atoms with Gasteiger partial charge in [0.1, 0.15) is 0 Å². The standard InChI is InChI=1S/C14H14ClN/c1-10-2-4-11(5-3-10)8-12-6-7-13(15)9-14(12)16/h2-7,9H,8,16H2,1H3. The highest BCUT2D eigenvalue weighted by Crippen LogP contribution is 2.21. The van der Waals surface area contributed by atoms with E-state index in [0.29, 0.717) is 5.02 Å². The maximum absolute atomic E-state index is 5.91. The number of nitrogens with two attached hydrogens (primary N) is 1. The van der Waals surface area contributed by atoms with Gasteiger partial charge in [0.05, 0.1) is 0 Å². The van der Waals surface area contributed by atoms with Crippen LogP contribution in [-0.2, 0) is 6.42 Å². The molecule has 0 unspecified atom stereocenters. The summed E-state index contributed by atoms with van der Waals surface area (Å²) in [6, 6.07) is 14.1. The summed E-state index contributed by atoms with van der Waals surface area (Å²) >= 11 is 5.86. The smallest absolute Gasteiger partial charge is 0.0426 e. The molecule has 2 aromatic carbocycles. The van der Waals surface area contributed by atoms with Gasteiger partial charge in [-0.05, 0) is 36.6 Å². The molecule has 0 aliphatic carbocycles. The third kappa shape index (κ3) is 2.56. The molecule has 0 saturated heterocycles. The van der Waals surface area contributed by atoms with E-state index in [2.05, 4.69) is 31.2 Å². The minimum absolute atomic E-state index is 0.685. The number of aryl methyl sites for hydroxylation is 1. The normalized spacial score (nSPS) is 10.4. The molecule has 82 valence electrons. The average Bonchev–Trinajstić information content (AvgIpc) is 2.25. The van der Waals surface area contributed by atoms with Crippen LogP contribution in [0.3, 0.4) is 0 Å². The van der Waals surface area contributed by atoms with Gasteiger partial charge < -0.3 is 5.73 Å². The summed E-state index contributed by atoms with van der Waals surface area (Å²) < 4.78 is 0. The van der Waals surface area contributed by atoms with E-state index in [-0.39, 0.29) is 0 Å². The first-order valence-corrected chi connectivity index (χ1v) is 5.62. The van der Waals surface area contributed by atoms with Gasteiger partial charge in [-0.15, -0.1) is 0 Å². The molecule has 0 heterocycles. The minimum atomic E-state index is 0.685. The average molecular weight is 232 g/mol. The Morgan fingerprint density at radius 1 is 1.06 bits per heavy atom. The second-order valence-corrected chi connectivity index (χ2v) is 4.44. The SMILES string of the molecule is Cc1ccc(Cc2ccc(Cl)cc2N)cc1. The molecule has 16 heavy (non-hydrogen) atoms. The number of benzene rings is 2. The van der Waals surface area contributed by atoms with Crippen LogP contribution in [0.1, 0.15) is 16.7 Å². The van der Waals surface area contributed by atoms with Crippen molar-refractivity contribution in [3.8, 4) is 0 Å². The lowest BCUT2D eigenvalue weighted by Gasteiger charge is -2.06. The molecule has 0 spiro atoms. The summed E-state index contributed by atoms with van der Waals surface area (Å²) in [4.78, 5) is 0. The summed E-state index contributed by atoms with van der Waals surface area (Å²) in [6.07, 6.45) is 0.850. The monoisotopic (exact) mass is 231 g/mol. The first kappa shape index (κ1) is 11.0. The van der Waals surface area contributed by atoms with E-state index in [4.69, 9.17) is 17.3 Å². The van der Waals surface area contributed by atoms with Crippen LogP contribution in [0.15, 0.2) is 42.5 Å². The van der Waals surface area contributed by atoms with E-state index in [0.717, 1.165) is 17.7 Å². The zero-order valence-electron chi connectivity index (χ0n) is 9.20. The highest BCUT2D eigenvalue weighted by molar-refractivity contribution is 6.30. The van der Waals surface area contributed by atoms with Crippen LogP contribution in [0.4, 0.5) is 5.69 Å². The van der Waals surface area contributed by atoms with Crippen molar-refractivity contribution in [1.29, 1.82) is 0 Å². The van der Waals surface area contributed by atoms with Gasteiger partial charge in [0.2, 0.25) is 0 Å². The fraction of sp³-hybridized carbons (Fsp3) is 0.143. The quantitative estimate of drug-likeness (QED) is 0.782. The molecular formula is C14H14ClN. The number of halogens is 1. The Hall–Kier alpha value is -1.47. The molecule has 0 fully saturated rings. The van der Waals surface area contributed by atoms with Gasteiger partial charge in [0.25, 0.3) is 0 Å². The van der Waals surface area contributed by atoms with Crippen LogP contribution < -0.4 is 5.73 Å². The molecule has 2 heteroatoms. The molecule has 2 rings (SSSR count). The summed E-state index contributed by atoms with van der Waals surface area (Å²) in [5, 5.41) is 0.685.